The molecule has 2 aromatic heterocycles. The smallest absolute Gasteiger partial charge is 0.354 e. The quantitative estimate of drug-likeness (QED) is 0.152. The molecule has 1 fully saturated rings. The monoisotopic (exact) mass is 687 g/mol. The SMILES string of the molecule is C=CC(=O)N1CCN2c3nc(=O)n(-c4c(C)ccnc4C(C)C)c4c(F)c(-c5c(N)c(Cl)cc(Cl)c5F)c(Cl)c(c34)N(C)CC2C1. The first-order valence-corrected chi connectivity index (χ1v) is 15.7. The van der Waals surface area contributed by atoms with E-state index >= 15 is 8.78 Å². The van der Waals surface area contributed by atoms with Crippen molar-refractivity contribution in [2.24, 2.45) is 0 Å². The number of piperazine rings is 1. The largest absolute Gasteiger partial charge is 0.397 e. The highest BCUT2D eigenvalue weighted by Crippen LogP contribution is 2.51. The van der Waals surface area contributed by atoms with Crippen LogP contribution in [0.5, 0.6) is 0 Å². The Kier molecular flexibility index (Phi) is 8.15. The molecule has 4 aromatic rings. The topological polar surface area (TPSA) is 101 Å². The predicted octanol–water partition coefficient (Wildman–Crippen LogP) is 6.35. The summed E-state index contributed by atoms with van der Waals surface area (Å²) in [4.78, 5) is 41.3. The van der Waals surface area contributed by atoms with Gasteiger partial charge in [0, 0.05) is 50.6 Å². The van der Waals surface area contributed by atoms with Crippen molar-refractivity contribution in [2.75, 3.05) is 48.8 Å². The fourth-order valence-corrected chi connectivity index (χ4v) is 7.42. The molecule has 1 saturated heterocycles. The van der Waals surface area contributed by atoms with Gasteiger partial charge >= 0.3 is 5.69 Å². The summed E-state index contributed by atoms with van der Waals surface area (Å²) >= 11 is 19.6. The first kappa shape index (κ1) is 32.0. The molecular formula is C32H30Cl3F2N7O2. The summed E-state index contributed by atoms with van der Waals surface area (Å²) < 4.78 is 34.6. The highest BCUT2D eigenvalue weighted by atomic mass is 35.5. The summed E-state index contributed by atoms with van der Waals surface area (Å²) in [7, 11) is 1.75. The fourth-order valence-electron chi connectivity index (χ4n) is 6.54. The van der Waals surface area contributed by atoms with Crippen molar-refractivity contribution in [2.45, 2.75) is 32.7 Å². The third-order valence-corrected chi connectivity index (χ3v) is 9.62. The summed E-state index contributed by atoms with van der Waals surface area (Å²) in [6, 6.07) is 2.48. The maximum Gasteiger partial charge on any atom is 0.354 e. The van der Waals surface area contributed by atoms with Crippen LogP contribution in [0.2, 0.25) is 15.1 Å². The Balaban J connectivity index is 1.81. The third-order valence-electron chi connectivity index (χ3n) is 8.66. The van der Waals surface area contributed by atoms with Gasteiger partial charge in [0.2, 0.25) is 5.91 Å². The number of aryl methyl sites for hydroxylation is 1. The minimum Gasteiger partial charge on any atom is -0.397 e. The molecule has 0 aliphatic carbocycles. The van der Waals surface area contributed by atoms with E-state index in [1.165, 1.54) is 10.6 Å². The molecule has 0 spiro atoms. The van der Waals surface area contributed by atoms with Crippen LogP contribution in [0.3, 0.4) is 0 Å². The molecule has 14 heteroatoms. The number of anilines is 3. The number of benzene rings is 2. The third kappa shape index (κ3) is 4.78. The molecule has 1 amide bonds. The second-order valence-corrected chi connectivity index (χ2v) is 13.0. The molecule has 1 atom stereocenters. The maximum absolute atomic E-state index is 17.5. The number of nitrogen functional groups attached to an aromatic ring is 1. The number of pyridine rings is 1. The number of hydrogen-bond donors (Lipinski definition) is 1. The van der Waals surface area contributed by atoms with Crippen LogP contribution in [0.4, 0.5) is 26.0 Å². The lowest BCUT2D eigenvalue weighted by Crippen LogP contribution is -2.57. The Morgan fingerprint density at radius 3 is 2.50 bits per heavy atom. The van der Waals surface area contributed by atoms with E-state index < -0.39 is 28.5 Å². The number of nitrogens with two attached hydrogens (primary N) is 1. The lowest BCUT2D eigenvalue weighted by atomic mass is 9.97. The molecule has 0 saturated carbocycles. The molecular weight excluding hydrogens is 659 g/mol. The number of carbonyl (C=O) groups is 1. The van der Waals surface area contributed by atoms with Gasteiger partial charge in [-0.25, -0.2) is 13.6 Å². The van der Waals surface area contributed by atoms with Gasteiger partial charge in [0.25, 0.3) is 0 Å². The summed E-state index contributed by atoms with van der Waals surface area (Å²) in [6.45, 7) is 10.4. The Hall–Kier alpha value is -3.93. The van der Waals surface area contributed by atoms with E-state index in [1.807, 2.05) is 18.7 Å². The van der Waals surface area contributed by atoms with Crippen LogP contribution in [-0.2, 0) is 4.79 Å². The number of hydrogen-bond acceptors (Lipinski definition) is 7. The number of fused-ring (bicyclic) bond motifs is 2. The second-order valence-electron chi connectivity index (χ2n) is 11.8. The minimum atomic E-state index is -1.02. The summed E-state index contributed by atoms with van der Waals surface area (Å²) in [5.74, 6) is -2.24. The normalized spacial score (nSPS) is 16.2. The lowest BCUT2D eigenvalue weighted by Gasteiger charge is -2.41. The highest BCUT2D eigenvalue weighted by Gasteiger charge is 2.39. The zero-order valence-corrected chi connectivity index (χ0v) is 27.7. The fraction of sp³-hybridized carbons (Fsp3) is 0.312. The Bertz CT molecular complexity index is 2010. The van der Waals surface area contributed by atoms with Gasteiger partial charge in [0.15, 0.2) is 11.6 Å². The van der Waals surface area contributed by atoms with Gasteiger partial charge in [-0.3, -0.25) is 14.3 Å². The molecule has 0 radical (unpaired) electrons. The average molecular weight is 689 g/mol. The van der Waals surface area contributed by atoms with Crippen molar-refractivity contribution in [1.82, 2.24) is 19.4 Å². The number of rotatable bonds is 4. The van der Waals surface area contributed by atoms with Crippen LogP contribution in [0.1, 0.15) is 31.0 Å². The zero-order chi connectivity index (χ0) is 33.4. The summed E-state index contributed by atoms with van der Waals surface area (Å²) in [5, 5.41) is -0.413. The molecule has 46 heavy (non-hydrogen) atoms. The van der Waals surface area contributed by atoms with Gasteiger partial charge < -0.3 is 20.4 Å². The molecule has 6 rings (SSSR count). The average Bonchev–Trinajstić information content (AvgIpc) is 3.13. The van der Waals surface area contributed by atoms with Crippen LogP contribution in [0.15, 0.2) is 35.8 Å². The highest BCUT2D eigenvalue weighted by molar-refractivity contribution is 6.40. The van der Waals surface area contributed by atoms with Crippen molar-refractivity contribution in [3.8, 4) is 16.8 Å². The van der Waals surface area contributed by atoms with Gasteiger partial charge in [0.1, 0.15) is 11.3 Å². The number of carbonyl (C=O) groups excluding carboxylic acids is 1. The molecule has 9 nitrogen and oxygen atoms in total. The maximum atomic E-state index is 17.5. The van der Waals surface area contributed by atoms with Crippen molar-refractivity contribution in [3.63, 3.8) is 0 Å². The van der Waals surface area contributed by atoms with Crippen molar-refractivity contribution >= 4 is 68.8 Å². The molecule has 2 aliphatic heterocycles. The number of nitrogens with zero attached hydrogens (tertiary/aromatic N) is 6. The van der Waals surface area contributed by atoms with Crippen LogP contribution in [-0.4, -0.2) is 64.6 Å². The Labute approximate surface area is 278 Å². The van der Waals surface area contributed by atoms with Gasteiger partial charge in [0.05, 0.1) is 49.3 Å². The minimum absolute atomic E-state index is 0.0988. The second kappa shape index (κ2) is 11.7. The van der Waals surface area contributed by atoms with E-state index in [0.717, 1.165) is 6.07 Å². The molecule has 2 N–H and O–H groups in total. The summed E-state index contributed by atoms with van der Waals surface area (Å²) in [5.41, 5.74) is 6.02. The van der Waals surface area contributed by atoms with Gasteiger partial charge in [-0.05, 0) is 36.6 Å². The van der Waals surface area contributed by atoms with Crippen LogP contribution < -0.4 is 21.2 Å². The van der Waals surface area contributed by atoms with E-state index in [-0.39, 0.29) is 61.9 Å². The van der Waals surface area contributed by atoms with E-state index in [0.29, 0.717) is 42.3 Å². The molecule has 2 aliphatic rings. The first-order valence-electron chi connectivity index (χ1n) is 14.5. The first-order chi connectivity index (χ1) is 21.8. The predicted molar refractivity (Wildman–Crippen MR) is 180 cm³/mol. The Morgan fingerprint density at radius 2 is 1.83 bits per heavy atom. The van der Waals surface area contributed by atoms with Crippen molar-refractivity contribution in [3.05, 3.63) is 79.4 Å². The standard InChI is InChI=1S/C32H30Cl3F2N7O2/c1-6-19(45)42-9-10-43-16(13-42)12-41(5)29-22-30(25(37)20(23(29)35)21-24(36)17(33)11-18(34)26(21)38)44(32(46)40-31(22)43)28-15(4)7-8-39-27(28)14(2)3/h6-8,11,14,16H,1,9-10,12-13,38H2,2-5H3. The number of amides is 1. The molecule has 240 valence electrons. The Morgan fingerprint density at radius 1 is 1.11 bits per heavy atom. The molecule has 1 unspecified atom stereocenters. The van der Waals surface area contributed by atoms with Crippen LogP contribution >= 0.6 is 34.8 Å². The number of halogens is 5. The number of aromatic nitrogens is 3. The lowest BCUT2D eigenvalue weighted by molar-refractivity contribution is -0.126. The van der Waals surface area contributed by atoms with E-state index in [2.05, 4.69) is 16.5 Å². The van der Waals surface area contributed by atoms with Crippen LogP contribution in [0, 0.1) is 18.6 Å². The zero-order valence-electron chi connectivity index (χ0n) is 25.5. The summed E-state index contributed by atoms with van der Waals surface area (Å²) in [6.07, 6.45) is 2.87. The van der Waals surface area contributed by atoms with E-state index in [1.54, 1.807) is 36.0 Å². The van der Waals surface area contributed by atoms with Crippen molar-refractivity contribution < 1.29 is 13.6 Å². The van der Waals surface area contributed by atoms with Gasteiger partial charge in [-0.1, -0.05) is 55.2 Å². The van der Waals surface area contributed by atoms with Crippen LogP contribution in [0.25, 0.3) is 27.7 Å². The molecule has 4 heterocycles. The van der Waals surface area contributed by atoms with Gasteiger partial charge in [-0.15, -0.1) is 0 Å². The van der Waals surface area contributed by atoms with Gasteiger partial charge in [-0.2, -0.15) is 4.98 Å². The van der Waals surface area contributed by atoms with E-state index in [9.17, 15) is 9.59 Å². The molecule has 2 aromatic carbocycles. The number of likely N-dealkylation sites (N-methyl/N-ethyl adjacent to an activating group) is 1. The van der Waals surface area contributed by atoms with Crippen molar-refractivity contribution in [1.29, 1.82) is 0 Å². The van der Waals surface area contributed by atoms with E-state index in [4.69, 9.17) is 40.5 Å². The molecule has 0 bridgehead atoms.